The summed E-state index contributed by atoms with van der Waals surface area (Å²) in [5, 5.41) is 0. The van der Waals surface area contributed by atoms with Crippen molar-refractivity contribution in [2.45, 2.75) is 37.7 Å². The van der Waals surface area contributed by atoms with E-state index in [2.05, 4.69) is 19.2 Å². The van der Waals surface area contributed by atoms with Crippen LogP contribution in [0.4, 0.5) is 0 Å². The van der Waals surface area contributed by atoms with Gasteiger partial charge in [-0.3, -0.25) is 0 Å². The van der Waals surface area contributed by atoms with Crippen LogP contribution >= 0.6 is 0 Å². The third-order valence-electron chi connectivity index (χ3n) is 7.37. The van der Waals surface area contributed by atoms with E-state index in [0.717, 1.165) is 38.9 Å². The van der Waals surface area contributed by atoms with Gasteiger partial charge in [-0.25, -0.2) is 8.42 Å². The quantitative estimate of drug-likeness (QED) is 0.142. The van der Waals surface area contributed by atoms with E-state index < -0.39 is 9.84 Å². The van der Waals surface area contributed by atoms with E-state index >= 15 is 0 Å². The SMILES string of the molecule is C=Cc1cc(OC)c(-c2ccc(OC)cc2CCCS(=O)(=O)c2ccccc2)cc1-c1c(C=C)ccc(OC)c1OC(C)C. The molecule has 7 heteroatoms. The lowest BCUT2D eigenvalue weighted by atomic mass is 9.88. The molecule has 0 fully saturated rings. The van der Waals surface area contributed by atoms with Crippen molar-refractivity contribution in [3.05, 3.63) is 103 Å². The second-order valence-corrected chi connectivity index (χ2v) is 12.6. The zero-order chi connectivity index (χ0) is 31.9. The summed E-state index contributed by atoms with van der Waals surface area (Å²) in [6, 6.07) is 22.2. The van der Waals surface area contributed by atoms with Crippen molar-refractivity contribution in [1.82, 2.24) is 0 Å². The third-order valence-corrected chi connectivity index (χ3v) is 9.19. The monoisotopic (exact) mass is 612 g/mol. The van der Waals surface area contributed by atoms with Gasteiger partial charge in [-0.05, 0) is 97.0 Å². The summed E-state index contributed by atoms with van der Waals surface area (Å²) in [5.41, 5.74) is 6.11. The average molecular weight is 613 g/mol. The van der Waals surface area contributed by atoms with Crippen LogP contribution in [0, 0.1) is 0 Å². The number of rotatable bonds is 14. The molecule has 0 radical (unpaired) electrons. The molecule has 0 aliphatic heterocycles. The van der Waals surface area contributed by atoms with E-state index in [4.69, 9.17) is 18.9 Å². The van der Waals surface area contributed by atoms with Crippen molar-refractivity contribution in [3.8, 4) is 45.3 Å². The highest BCUT2D eigenvalue weighted by atomic mass is 32.2. The molecule has 0 atom stereocenters. The molecule has 0 saturated heterocycles. The van der Waals surface area contributed by atoms with Crippen LogP contribution in [0.2, 0.25) is 0 Å². The molecule has 0 saturated carbocycles. The molecule has 230 valence electrons. The molecule has 6 nitrogen and oxygen atoms in total. The molecule has 0 spiro atoms. The highest BCUT2D eigenvalue weighted by molar-refractivity contribution is 7.91. The maximum Gasteiger partial charge on any atom is 0.178 e. The summed E-state index contributed by atoms with van der Waals surface area (Å²) in [4.78, 5) is 0.327. The van der Waals surface area contributed by atoms with Gasteiger partial charge in [0.05, 0.1) is 38.1 Å². The molecule has 0 aromatic heterocycles. The number of ether oxygens (including phenoxy) is 4. The van der Waals surface area contributed by atoms with Gasteiger partial charge < -0.3 is 18.9 Å². The lowest BCUT2D eigenvalue weighted by Gasteiger charge is -2.23. The molecule has 0 heterocycles. The summed E-state index contributed by atoms with van der Waals surface area (Å²) < 4.78 is 49.5. The molecular weight excluding hydrogens is 572 g/mol. The van der Waals surface area contributed by atoms with E-state index in [1.165, 1.54) is 0 Å². The first-order valence-corrected chi connectivity index (χ1v) is 16.1. The van der Waals surface area contributed by atoms with E-state index in [1.54, 1.807) is 57.7 Å². The first-order chi connectivity index (χ1) is 21.2. The van der Waals surface area contributed by atoms with Gasteiger partial charge in [-0.2, -0.15) is 0 Å². The van der Waals surface area contributed by atoms with Gasteiger partial charge in [0.25, 0.3) is 0 Å². The molecule has 0 unspecified atom stereocenters. The molecule has 4 aromatic carbocycles. The Morgan fingerprint density at radius 3 is 2.07 bits per heavy atom. The fourth-order valence-electron chi connectivity index (χ4n) is 5.27. The van der Waals surface area contributed by atoms with Crippen LogP contribution < -0.4 is 18.9 Å². The van der Waals surface area contributed by atoms with Crippen LogP contribution in [0.25, 0.3) is 34.4 Å². The highest BCUT2D eigenvalue weighted by Crippen LogP contribution is 2.47. The maximum atomic E-state index is 13.0. The van der Waals surface area contributed by atoms with E-state index in [9.17, 15) is 8.42 Å². The number of aryl methyl sites for hydroxylation is 1. The Morgan fingerprint density at radius 1 is 0.750 bits per heavy atom. The summed E-state index contributed by atoms with van der Waals surface area (Å²) >= 11 is 0. The fraction of sp³-hybridized carbons (Fsp3) is 0.243. The van der Waals surface area contributed by atoms with Gasteiger partial charge in [0.15, 0.2) is 21.3 Å². The summed E-state index contributed by atoms with van der Waals surface area (Å²) in [7, 11) is 1.45. The Labute approximate surface area is 261 Å². The second-order valence-electron chi connectivity index (χ2n) is 10.5. The predicted molar refractivity (Wildman–Crippen MR) is 180 cm³/mol. The maximum absolute atomic E-state index is 13.0. The lowest BCUT2D eigenvalue weighted by molar-refractivity contribution is 0.231. The molecule has 4 aromatic rings. The Hall–Kier alpha value is -4.49. The minimum absolute atomic E-state index is 0.0217. The molecule has 0 aliphatic carbocycles. The fourth-order valence-corrected chi connectivity index (χ4v) is 6.60. The highest BCUT2D eigenvalue weighted by Gasteiger charge is 2.23. The van der Waals surface area contributed by atoms with Crippen molar-refractivity contribution in [1.29, 1.82) is 0 Å². The molecule has 4 rings (SSSR count). The smallest absolute Gasteiger partial charge is 0.178 e. The van der Waals surface area contributed by atoms with Gasteiger partial charge in [0.2, 0.25) is 0 Å². The second kappa shape index (κ2) is 14.3. The Balaban J connectivity index is 1.88. The topological polar surface area (TPSA) is 71.1 Å². The van der Waals surface area contributed by atoms with Gasteiger partial charge in [0.1, 0.15) is 11.5 Å². The van der Waals surface area contributed by atoms with Crippen molar-refractivity contribution in [2.24, 2.45) is 0 Å². The molecule has 44 heavy (non-hydrogen) atoms. The number of sulfone groups is 1. The molecule has 0 N–H and O–H groups in total. The number of benzene rings is 4. The van der Waals surface area contributed by atoms with Gasteiger partial charge in [0, 0.05) is 11.1 Å². The van der Waals surface area contributed by atoms with Crippen LogP contribution in [0.5, 0.6) is 23.0 Å². The van der Waals surface area contributed by atoms with Gasteiger partial charge in [-0.15, -0.1) is 0 Å². The van der Waals surface area contributed by atoms with Crippen molar-refractivity contribution >= 4 is 22.0 Å². The largest absolute Gasteiger partial charge is 0.497 e. The Bertz CT molecular complexity index is 1740. The van der Waals surface area contributed by atoms with Gasteiger partial charge in [-0.1, -0.05) is 55.6 Å². The van der Waals surface area contributed by atoms with E-state index in [1.807, 2.05) is 56.3 Å². The normalized spacial score (nSPS) is 11.2. The Morgan fingerprint density at radius 2 is 1.45 bits per heavy atom. The minimum atomic E-state index is -3.42. The lowest BCUT2D eigenvalue weighted by Crippen LogP contribution is -2.09. The van der Waals surface area contributed by atoms with Crippen LogP contribution in [0.3, 0.4) is 0 Å². The van der Waals surface area contributed by atoms with Crippen LogP contribution in [-0.2, 0) is 16.3 Å². The number of methoxy groups -OCH3 is 3. The average Bonchev–Trinajstić information content (AvgIpc) is 3.04. The molecular formula is C37H40O6S. The standard InChI is InChI=1S/C37H40O6S/c1-8-26-17-20-34(41-6)37(43-25(3)4)36(26)32-24-33(35(42-7)23-27(32)9-2)31-19-18-29(40-5)22-28(31)14-13-21-44(38,39)30-15-11-10-12-16-30/h8-12,15-20,22-25H,1-2,13-14,21H2,3-7H3. The van der Waals surface area contributed by atoms with Gasteiger partial charge >= 0.3 is 0 Å². The van der Waals surface area contributed by atoms with Crippen molar-refractivity contribution in [2.75, 3.05) is 27.1 Å². The third kappa shape index (κ3) is 7.00. The van der Waals surface area contributed by atoms with E-state index in [-0.39, 0.29) is 11.9 Å². The molecule has 0 amide bonds. The zero-order valence-corrected chi connectivity index (χ0v) is 26.9. The summed E-state index contributed by atoms with van der Waals surface area (Å²) in [6.07, 6.45) is 4.42. The van der Waals surface area contributed by atoms with Crippen LogP contribution in [-0.4, -0.2) is 41.6 Å². The Kier molecular flexibility index (Phi) is 10.6. The van der Waals surface area contributed by atoms with Crippen LogP contribution in [0.15, 0.2) is 90.8 Å². The predicted octanol–water partition coefficient (Wildman–Crippen LogP) is 8.53. The molecule has 0 bridgehead atoms. The van der Waals surface area contributed by atoms with Crippen LogP contribution in [0.1, 0.15) is 37.0 Å². The first kappa shape index (κ1) is 32.4. The number of hydrogen-bond acceptors (Lipinski definition) is 6. The van der Waals surface area contributed by atoms with Crippen molar-refractivity contribution in [3.63, 3.8) is 0 Å². The summed E-state index contributed by atoms with van der Waals surface area (Å²) in [6.45, 7) is 12.1. The summed E-state index contributed by atoms with van der Waals surface area (Å²) in [5.74, 6) is 2.58. The zero-order valence-electron chi connectivity index (χ0n) is 26.1. The minimum Gasteiger partial charge on any atom is -0.497 e. The molecule has 0 aliphatic rings. The van der Waals surface area contributed by atoms with Crippen molar-refractivity contribution < 1.29 is 27.4 Å². The number of hydrogen-bond donors (Lipinski definition) is 0. The van der Waals surface area contributed by atoms with E-state index in [0.29, 0.717) is 40.7 Å². The first-order valence-electron chi connectivity index (χ1n) is 14.5.